The van der Waals surface area contributed by atoms with E-state index in [9.17, 15) is 4.79 Å². The third-order valence-corrected chi connectivity index (χ3v) is 2.47. The molecule has 0 atom stereocenters. The molecule has 0 unspecified atom stereocenters. The summed E-state index contributed by atoms with van der Waals surface area (Å²) in [4.78, 5) is 11.9. The minimum Gasteiger partial charge on any atom is -0.392 e. The Kier molecular flexibility index (Phi) is 4.06. The highest BCUT2D eigenvalue weighted by molar-refractivity contribution is 7.80. The predicted octanol–water partition coefficient (Wildman–Crippen LogP) is 1.46. The first-order valence-corrected chi connectivity index (χ1v) is 5.06. The highest BCUT2D eigenvalue weighted by Crippen LogP contribution is 2.17. The lowest BCUT2D eigenvalue weighted by atomic mass is 9.91. The maximum absolute atomic E-state index is 11.7. The monoisotopic (exact) mass is 216 g/mol. The maximum atomic E-state index is 11.7. The zero-order valence-corrected chi connectivity index (χ0v) is 10.4. The minimum atomic E-state index is -0.763. The summed E-state index contributed by atoms with van der Waals surface area (Å²) in [5, 5.41) is 2.84. The highest BCUT2D eigenvalue weighted by Gasteiger charge is 2.31. The number of hydrogen-bond donors (Lipinski definition) is 2. The Morgan fingerprint density at radius 2 is 1.71 bits per heavy atom. The summed E-state index contributed by atoms with van der Waals surface area (Å²) >= 11 is 4.83. The van der Waals surface area contributed by atoms with Crippen LogP contribution >= 0.6 is 12.2 Å². The molecule has 0 radical (unpaired) electrons. The van der Waals surface area contributed by atoms with Gasteiger partial charge in [-0.1, -0.05) is 33.0 Å². The van der Waals surface area contributed by atoms with Crippen LogP contribution < -0.4 is 11.1 Å². The highest BCUT2D eigenvalue weighted by atomic mass is 32.1. The van der Waals surface area contributed by atoms with E-state index in [4.69, 9.17) is 18.0 Å². The fourth-order valence-corrected chi connectivity index (χ4v) is 0.771. The van der Waals surface area contributed by atoms with Gasteiger partial charge in [0.15, 0.2) is 0 Å². The Bertz CT molecular complexity index is 241. The van der Waals surface area contributed by atoms with Crippen molar-refractivity contribution in [3.05, 3.63) is 0 Å². The van der Waals surface area contributed by atoms with Gasteiger partial charge in [0.05, 0.1) is 10.4 Å². The van der Waals surface area contributed by atoms with Crippen LogP contribution in [0.15, 0.2) is 0 Å². The molecule has 0 aromatic carbocycles. The number of carbonyl (C=O) groups is 1. The fraction of sp³-hybridized carbons (Fsp3) is 0.800. The van der Waals surface area contributed by atoms with Crippen LogP contribution in [-0.4, -0.2) is 17.4 Å². The summed E-state index contributed by atoms with van der Waals surface area (Å²) in [5.74, 6) is -0.111. The standard InChI is InChI=1S/C10H20N2OS/c1-9(2,3)6-12-8(13)10(4,5)7(11)14/h6H2,1-5H3,(H2,11,14)(H,12,13). The first kappa shape index (κ1) is 13.4. The Balaban J connectivity index is 4.30. The second-order valence-electron chi connectivity index (χ2n) is 5.23. The van der Waals surface area contributed by atoms with E-state index in [1.54, 1.807) is 13.8 Å². The third kappa shape index (κ3) is 4.05. The molecule has 0 aromatic heterocycles. The summed E-state index contributed by atoms with van der Waals surface area (Å²) in [7, 11) is 0. The van der Waals surface area contributed by atoms with E-state index in [0.29, 0.717) is 6.54 Å². The number of carbonyl (C=O) groups excluding carboxylic acids is 1. The lowest BCUT2D eigenvalue weighted by Gasteiger charge is -2.25. The number of nitrogens with two attached hydrogens (primary N) is 1. The first-order chi connectivity index (χ1) is 6.07. The second kappa shape index (κ2) is 4.26. The zero-order valence-electron chi connectivity index (χ0n) is 9.60. The SMILES string of the molecule is CC(C)(C)CNC(=O)C(C)(C)C(N)=S. The Hall–Kier alpha value is -0.640. The molecule has 0 rings (SSSR count). The van der Waals surface area contributed by atoms with E-state index in [2.05, 4.69) is 26.1 Å². The molecule has 0 bridgehead atoms. The van der Waals surface area contributed by atoms with Gasteiger partial charge in [0.2, 0.25) is 5.91 Å². The van der Waals surface area contributed by atoms with Crippen LogP contribution in [0.4, 0.5) is 0 Å². The normalized spacial score (nSPS) is 12.4. The first-order valence-electron chi connectivity index (χ1n) is 4.65. The maximum Gasteiger partial charge on any atom is 0.232 e. The summed E-state index contributed by atoms with van der Waals surface area (Å²) in [6.45, 7) is 10.3. The number of rotatable bonds is 3. The second-order valence-corrected chi connectivity index (χ2v) is 5.67. The largest absolute Gasteiger partial charge is 0.392 e. The summed E-state index contributed by atoms with van der Waals surface area (Å²) in [5.41, 5.74) is 4.79. The summed E-state index contributed by atoms with van der Waals surface area (Å²) in [6.07, 6.45) is 0. The third-order valence-electron chi connectivity index (χ3n) is 1.96. The fourth-order valence-electron chi connectivity index (χ4n) is 0.678. The van der Waals surface area contributed by atoms with Crippen molar-refractivity contribution >= 4 is 23.1 Å². The van der Waals surface area contributed by atoms with Gasteiger partial charge in [0.1, 0.15) is 0 Å². The predicted molar refractivity (Wildman–Crippen MR) is 63.0 cm³/mol. The topological polar surface area (TPSA) is 55.1 Å². The van der Waals surface area contributed by atoms with E-state index in [-0.39, 0.29) is 16.3 Å². The summed E-state index contributed by atoms with van der Waals surface area (Å²) < 4.78 is 0. The van der Waals surface area contributed by atoms with Crippen LogP contribution in [0.25, 0.3) is 0 Å². The van der Waals surface area contributed by atoms with Crippen molar-refractivity contribution in [1.82, 2.24) is 5.32 Å². The smallest absolute Gasteiger partial charge is 0.232 e. The van der Waals surface area contributed by atoms with Crippen LogP contribution in [-0.2, 0) is 4.79 Å². The molecule has 0 aromatic rings. The molecule has 0 aliphatic carbocycles. The number of thiocarbonyl (C=S) groups is 1. The lowest BCUT2D eigenvalue weighted by molar-refractivity contribution is -0.126. The molecule has 14 heavy (non-hydrogen) atoms. The number of hydrogen-bond acceptors (Lipinski definition) is 2. The van der Waals surface area contributed by atoms with Crippen LogP contribution in [0.3, 0.4) is 0 Å². The molecule has 0 heterocycles. The van der Waals surface area contributed by atoms with Crippen molar-refractivity contribution in [2.45, 2.75) is 34.6 Å². The van der Waals surface area contributed by atoms with E-state index < -0.39 is 5.41 Å². The van der Waals surface area contributed by atoms with Gasteiger partial charge in [0.25, 0.3) is 0 Å². The van der Waals surface area contributed by atoms with Gasteiger partial charge < -0.3 is 11.1 Å². The van der Waals surface area contributed by atoms with Crippen molar-refractivity contribution in [2.24, 2.45) is 16.6 Å². The van der Waals surface area contributed by atoms with Gasteiger partial charge in [-0.2, -0.15) is 0 Å². The number of nitrogens with one attached hydrogen (secondary N) is 1. The molecule has 0 aliphatic heterocycles. The molecule has 0 aliphatic rings. The quantitative estimate of drug-likeness (QED) is 0.702. The van der Waals surface area contributed by atoms with Crippen LogP contribution in [0.2, 0.25) is 0 Å². The number of amides is 1. The molecule has 0 saturated carbocycles. The van der Waals surface area contributed by atoms with E-state index in [1.807, 2.05) is 0 Å². The van der Waals surface area contributed by atoms with Gasteiger partial charge in [-0.05, 0) is 19.3 Å². The van der Waals surface area contributed by atoms with Crippen LogP contribution in [0.1, 0.15) is 34.6 Å². The van der Waals surface area contributed by atoms with Crippen molar-refractivity contribution in [3.63, 3.8) is 0 Å². The van der Waals surface area contributed by atoms with Crippen LogP contribution in [0.5, 0.6) is 0 Å². The molecule has 3 nitrogen and oxygen atoms in total. The minimum absolute atomic E-state index is 0.0714. The summed E-state index contributed by atoms with van der Waals surface area (Å²) in [6, 6.07) is 0. The van der Waals surface area contributed by atoms with E-state index in [0.717, 1.165) is 0 Å². The van der Waals surface area contributed by atoms with Gasteiger partial charge >= 0.3 is 0 Å². The molecule has 3 N–H and O–H groups in total. The molecule has 4 heteroatoms. The van der Waals surface area contributed by atoms with Gasteiger partial charge in [-0.25, -0.2) is 0 Å². The van der Waals surface area contributed by atoms with Crippen LogP contribution in [0, 0.1) is 10.8 Å². The zero-order chi connectivity index (χ0) is 11.6. The molecule has 82 valence electrons. The molecule has 1 amide bonds. The Labute approximate surface area is 91.4 Å². The molecule has 0 fully saturated rings. The molecule has 0 spiro atoms. The average Bonchev–Trinajstić information content (AvgIpc) is 1.98. The average molecular weight is 216 g/mol. The van der Waals surface area contributed by atoms with Gasteiger partial charge in [-0.15, -0.1) is 0 Å². The molecule has 0 saturated heterocycles. The van der Waals surface area contributed by atoms with Gasteiger partial charge in [0, 0.05) is 6.54 Å². The van der Waals surface area contributed by atoms with Crippen molar-refractivity contribution < 1.29 is 4.79 Å². The van der Waals surface area contributed by atoms with Crippen molar-refractivity contribution in [1.29, 1.82) is 0 Å². The molecular weight excluding hydrogens is 196 g/mol. The van der Waals surface area contributed by atoms with E-state index >= 15 is 0 Å². The lowest BCUT2D eigenvalue weighted by Crippen LogP contribution is -2.46. The van der Waals surface area contributed by atoms with Crippen molar-refractivity contribution in [2.75, 3.05) is 6.54 Å². The molecular formula is C10H20N2OS. The Morgan fingerprint density at radius 1 is 1.29 bits per heavy atom. The van der Waals surface area contributed by atoms with Gasteiger partial charge in [-0.3, -0.25) is 4.79 Å². The van der Waals surface area contributed by atoms with Crippen molar-refractivity contribution in [3.8, 4) is 0 Å². The Morgan fingerprint density at radius 3 is 2.00 bits per heavy atom. The van der Waals surface area contributed by atoms with E-state index in [1.165, 1.54) is 0 Å².